The molecular formula is C25H30N4OS. The maximum atomic E-state index is 12.9. The van der Waals surface area contributed by atoms with E-state index >= 15 is 0 Å². The molecule has 2 aromatic heterocycles. The van der Waals surface area contributed by atoms with E-state index < -0.39 is 0 Å². The van der Waals surface area contributed by atoms with Crippen LogP contribution >= 0.6 is 11.8 Å². The minimum absolute atomic E-state index is 0.112. The summed E-state index contributed by atoms with van der Waals surface area (Å²) in [6.45, 7) is 4.35. The molecule has 31 heavy (non-hydrogen) atoms. The maximum absolute atomic E-state index is 12.9. The number of thioether (sulfide) groups is 1. The van der Waals surface area contributed by atoms with Crippen molar-refractivity contribution in [2.75, 3.05) is 5.75 Å². The van der Waals surface area contributed by atoms with Gasteiger partial charge in [0.2, 0.25) is 5.91 Å². The fraction of sp³-hybridized carbons (Fsp3) is 0.560. The highest BCUT2D eigenvalue weighted by Gasteiger charge is 2.53. The summed E-state index contributed by atoms with van der Waals surface area (Å²) in [6.07, 6.45) is 8.24. The number of hydrogen-bond acceptors (Lipinski definition) is 4. The van der Waals surface area contributed by atoms with Crippen LogP contribution in [0.15, 0.2) is 35.5 Å². The summed E-state index contributed by atoms with van der Waals surface area (Å²) in [5, 5.41) is 14.1. The second kappa shape index (κ2) is 7.22. The number of nitrogens with zero attached hydrogens (tertiary/aromatic N) is 3. The van der Waals surface area contributed by atoms with Gasteiger partial charge in [-0.05, 0) is 93.2 Å². The Balaban J connectivity index is 1.17. The average molecular weight is 435 g/mol. The maximum Gasteiger partial charge on any atom is 0.230 e. The molecule has 5 nitrogen and oxygen atoms in total. The van der Waals surface area contributed by atoms with Gasteiger partial charge in [-0.25, -0.2) is 0 Å². The van der Waals surface area contributed by atoms with E-state index in [1.807, 2.05) is 6.07 Å². The van der Waals surface area contributed by atoms with Crippen molar-refractivity contribution in [3.8, 4) is 0 Å². The zero-order valence-corrected chi connectivity index (χ0v) is 19.1. The highest BCUT2D eigenvalue weighted by atomic mass is 32.2. The molecule has 4 aliphatic rings. The molecule has 1 N–H and O–H groups in total. The van der Waals surface area contributed by atoms with Crippen molar-refractivity contribution < 1.29 is 4.79 Å². The van der Waals surface area contributed by atoms with Gasteiger partial charge in [-0.1, -0.05) is 30.0 Å². The molecule has 2 heterocycles. The molecule has 1 atom stereocenters. The van der Waals surface area contributed by atoms with Crippen LogP contribution in [0.2, 0.25) is 0 Å². The second-order valence-electron chi connectivity index (χ2n) is 10.4. The Hall–Kier alpha value is -2.08. The molecule has 7 rings (SSSR count). The number of benzene rings is 1. The predicted molar refractivity (Wildman–Crippen MR) is 124 cm³/mol. The van der Waals surface area contributed by atoms with Gasteiger partial charge < -0.3 is 5.32 Å². The van der Waals surface area contributed by atoms with Gasteiger partial charge in [0.1, 0.15) is 0 Å². The SMILES string of the molecule is Cc1cc2nnc(SCC(=O)N[C@H](C)C34CC5CC(CC(C5)C3)C4)n2c2ccccc12. The van der Waals surface area contributed by atoms with Crippen molar-refractivity contribution in [1.82, 2.24) is 19.9 Å². The summed E-state index contributed by atoms with van der Waals surface area (Å²) in [7, 11) is 0. The number of amides is 1. The molecule has 0 unspecified atom stereocenters. The van der Waals surface area contributed by atoms with Gasteiger partial charge in [0.15, 0.2) is 10.8 Å². The molecule has 4 bridgehead atoms. The Morgan fingerprint density at radius 3 is 2.55 bits per heavy atom. The molecule has 4 saturated carbocycles. The summed E-state index contributed by atoms with van der Waals surface area (Å²) in [5.74, 6) is 3.19. The number of para-hydroxylation sites is 1. The number of pyridine rings is 1. The van der Waals surface area contributed by atoms with Crippen LogP contribution in [-0.4, -0.2) is 32.3 Å². The largest absolute Gasteiger partial charge is 0.352 e. The molecule has 0 radical (unpaired) electrons. The molecular weight excluding hydrogens is 404 g/mol. The van der Waals surface area contributed by atoms with E-state index in [-0.39, 0.29) is 11.9 Å². The summed E-state index contributed by atoms with van der Waals surface area (Å²) < 4.78 is 2.07. The molecule has 3 aromatic rings. The van der Waals surface area contributed by atoms with Crippen molar-refractivity contribution >= 4 is 34.2 Å². The van der Waals surface area contributed by atoms with Gasteiger partial charge >= 0.3 is 0 Å². The van der Waals surface area contributed by atoms with Gasteiger partial charge in [0.05, 0.1) is 11.3 Å². The molecule has 4 fully saturated rings. The zero-order valence-electron chi connectivity index (χ0n) is 18.3. The first-order valence-corrected chi connectivity index (χ1v) is 12.6. The van der Waals surface area contributed by atoms with Crippen molar-refractivity contribution in [2.45, 2.75) is 63.6 Å². The third kappa shape index (κ3) is 3.25. The van der Waals surface area contributed by atoms with E-state index in [9.17, 15) is 4.79 Å². The first-order chi connectivity index (χ1) is 15.0. The lowest BCUT2D eigenvalue weighted by Crippen LogP contribution is -2.56. The average Bonchev–Trinajstić information content (AvgIpc) is 3.14. The van der Waals surface area contributed by atoms with Gasteiger partial charge in [-0.15, -0.1) is 10.2 Å². The zero-order chi connectivity index (χ0) is 21.2. The Morgan fingerprint density at radius 2 is 1.84 bits per heavy atom. The van der Waals surface area contributed by atoms with Crippen LogP contribution in [0.25, 0.3) is 16.6 Å². The number of aryl methyl sites for hydroxylation is 1. The lowest BCUT2D eigenvalue weighted by Gasteiger charge is -2.59. The number of hydrogen-bond donors (Lipinski definition) is 1. The van der Waals surface area contributed by atoms with E-state index in [1.165, 1.54) is 61.2 Å². The van der Waals surface area contributed by atoms with Crippen LogP contribution in [0, 0.1) is 30.1 Å². The van der Waals surface area contributed by atoms with Crippen molar-refractivity contribution in [3.05, 3.63) is 35.9 Å². The van der Waals surface area contributed by atoms with Crippen molar-refractivity contribution in [1.29, 1.82) is 0 Å². The second-order valence-corrected chi connectivity index (χ2v) is 11.3. The van der Waals surface area contributed by atoms with Gasteiger partial charge in [0.25, 0.3) is 0 Å². The first kappa shape index (κ1) is 19.6. The van der Waals surface area contributed by atoms with Gasteiger partial charge in [0, 0.05) is 11.4 Å². The fourth-order valence-corrected chi connectivity index (χ4v) is 8.01. The van der Waals surface area contributed by atoms with Crippen LogP contribution in [0.1, 0.15) is 51.0 Å². The van der Waals surface area contributed by atoms with E-state index in [0.29, 0.717) is 11.2 Å². The Labute approximate surface area is 187 Å². The van der Waals surface area contributed by atoms with Crippen LogP contribution in [-0.2, 0) is 4.79 Å². The molecule has 162 valence electrons. The fourth-order valence-electron chi connectivity index (χ4n) is 7.24. The molecule has 0 spiro atoms. The highest BCUT2D eigenvalue weighted by molar-refractivity contribution is 7.99. The van der Waals surface area contributed by atoms with Gasteiger partial charge in [-0.2, -0.15) is 0 Å². The monoisotopic (exact) mass is 434 g/mol. The normalized spacial score (nSPS) is 30.2. The Morgan fingerprint density at radius 1 is 1.16 bits per heavy atom. The molecule has 1 amide bonds. The summed E-state index contributed by atoms with van der Waals surface area (Å²) in [5.41, 5.74) is 3.45. The highest BCUT2D eigenvalue weighted by Crippen LogP contribution is 2.61. The quantitative estimate of drug-likeness (QED) is 0.574. The van der Waals surface area contributed by atoms with Crippen LogP contribution in [0.5, 0.6) is 0 Å². The Bertz CT molecular complexity index is 1130. The molecule has 1 aromatic carbocycles. The topological polar surface area (TPSA) is 59.3 Å². The van der Waals surface area contributed by atoms with Crippen molar-refractivity contribution in [2.24, 2.45) is 23.2 Å². The van der Waals surface area contributed by atoms with E-state index in [4.69, 9.17) is 0 Å². The van der Waals surface area contributed by atoms with E-state index in [1.54, 1.807) is 0 Å². The minimum atomic E-state index is 0.112. The van der Waals surface area contributed by atoms with Crippen LogP contribution in [0.4, 0.5) is 0 Å². The third-order valence-electron chi connectivity index (χ3n) is 8.29. The number of fused-ring (bicyclic) bond motifs is 3. The standard InChI is InChI=1S/C25H30N4OS/c1-15-7-22-27-28-24(29(22)21-6-4-3-5-20(15)21)31-14-23(30)26-16(2)25-11-17-8-18(12-25)10-19(9-17)13-25/h3-7,16-19H,8-14H2,1-2H3,(H,26,30)/t16-,17?,18?,19?,25?/m1/s1. The summed E-state index contributed by atoms with van der Waals surface area (Å²) in [4.78, 5) is 12.9. The van der Waals surface area contributed by atoms with Crippen LogP contribution < -0.4 is 5.32 Å². The number of carbonyl (C=O) groups excluding carboxylic acids is 1. The summed E-state index contributed by atoms with van der Waals surface area (Å²) in [6, 6.07) is 10.6. The third-order valence-corrected chi connectivity index (χ3v) is 9.22. The first-order valence-electron chi connectivity index (χ1n) is 11.7. The smallest absolute Gasteiger partial charge is 0.230 e. The Kier molecular flexibility index (Phi) is 4.57. The molecule has 0 saturated heterocycles. The number of nitrogens with one attached hydrogen (secondary N) is 1. The van der Waals surface area contributed by atoms with Crippen molar-refractivity contribution in [3.63, 3.8) is 0 Å². The minimum Gasteiger partial charge on any atom is -0.352 e. The lowest BCUT2D eigenvalue weighted by molar-refractivity contribution is -0.123. The van der Waals surface area contributed by atoms with E-state index in [2.05, 4.69) is 58.0 Å². The lowest BCUT2D eigenvalue weighted by atomic mass is 9.48. The molecule has 0 aliphatic heterocycles. The molecule has 6 heteroatoms. The molecule has 4 aliphatic carbocycles. The summed E-state index contributed by atoms with van der Waals surface area (Å²) >= 11 is 1.48. The predicted octanol–water partition coefficient (Wildman–Crippen LogP) is 5.00. The number of carbonyl (C=O) groups is 1. The number of rotatable bonds is 5. The van der Waals surface area contributed by atoms with Gasteiger partial charge in [-0.3, -0.25) is 9.20 Å². The number of aromatic nitrogens is 3. The van der Waals surface area contributed by atoms with E-state index in [0.717, 1.165) is 34.1 Å². The van der Waals surface area contributed by atoms with Crippen LogP contribution in [0.3, 0.4) is 0 Å².